The van der Waals surface area contributed by atoms with Gasteiger partial charge in [0.2, 0.25) is 0 Å². The molecule has 1 aromatic heterocycles. The second-order valence-electron chi connectivity index (χ2n) is 7.28. The Morgan fingerprint density at radius 2 is 1.97 bits per heavy atom. The predicted molar refractivity (Wildman–Crippen MR) is 112 cm³/mol. The Hall–Kier alpha value is -3.28. The van der Waals surface area contributed by atoms with Crippen molar-refractivity contribution in [3.8, 4) is 5.75 Å². The third kappa shape index (κ3) is 3.83. The lowest BCUT2D eigenvalue weighted by molar-refractivity contribution is -0.118. The van der Waals surface area contributed by atoms with E-state index in [0.717, 1.165) is 41.6 Å². The lowest BCUT2D eigenvalue weighted by Crippen LogP contribution is -2.25. The highest BCUT2D eigenvalue weighted by Gasteiger charge is 2.19. The van der Waals surface area contributed by atoms with Crippen LogP contribution in [0.5, 0.6) is 5.75 Å². The summed E-state index contributed by atoms with van der Waals surface area (Å²) in [5.74, 6) is 1.13. The number of benzene rings is 2. The van der Waals surface area contributed by atoms with E-state index in [4.69, 9.17) is 9.15 Å². The van der Waals surface area contributed by atoms with Gasteiger partial charge in [-0.25, -0.2) is 0 Å². The summed E-state index contributed by atoms with van der Waals surface area (Å²) < 4.78 is 11.6. The third-order valence-electron chi connectivity index (χ3n) is 5.30. The smallest absolute Gasteiger partial charge is 0.262 e. The molecule has 1 heterocycles. The largest absolute Gasteiger partial charge is 0.484 e. The van der Waals surface area contributed by atoms with Crippen LogP contribution in [0.4, 0.5) is 5.69 Å². The molecule has 0 fully saturated rings. The third-order valence-corrected chi connectivity index (χ3v) is 5.30. The second-order valence-corrected chi connectivity index (χ2v) is 7.28. The van der Waals surface area contributed by atoms with E-state index in [1.807, 2.05) is 31.2 Å². The van der Waals surface area contributed by atoms with Crippen molar-refractivity contribution in [1.82, 2.24) is 5.32 Å². The van der Waals surface area contributed by atoms with Gasteiger partial charge in [0.05, 0.1) is 11.3 Å². The molecule has 0 spiro atoms. The average Bonchev–Trinajstić information content (AvgIpc) is 3.10. The quantitative estimate of drug-likeness (QED) is 0.688. The highest BCUT2D eigenvalue weighted by atomic mass is 16.5. The average molecular weight is 392 g/mol. The molecule has 4 rings (SSSR count). The molecule has 0 atom stereocenters. The number of hydrogen-bond donors (Lipinski definition) is 2. The molecule has 6 heteroatoms. The van der Waals surface area contributed by atoms with Crippen LogP contribution in [0.1, 0.15) is 40.1 Å². The summed E-state index contributed by atoms with van der Waals surface area (Å²) in [7, 11) is 1.56. The van der Waals surface area contributed by atoms with Crippen molar-refractivity contribution in [1.29, 1.82) is 0 Å². The molecule has 1 aliphatic rings. The molecule has 0 saturated carbocycles. The molecule has 1 aliphatic carbocycles. The first-order valence-electron chi connectivity index (χ1n) is 9.85. The van der Waals surface area contributed by atoms with Crippen LogP contribution in [0, 0.1) is 6.92 Å². The van der Waals surface area contributed by atoms with Crippen molar-refractivity contribution < 1.29 is 18.7 Å². The number of aryl methyl sites for hydroxylation is 3. The zero-order valence-corrected chi connectivity index (χ0v) is 16.6. The van der Waals surface area contributed by atoms with E-state index < -0.39 is 0 Å². The van der Waals surface area contributed by atoms with E-state index in [1.54, 1.807) is 19.2 Å². The molecular weight excluding hydrogens is 368 g/mol. The van der Waals surface area contributed by atoms with E-state index in [0.29, 0.717) is 17.0 Å². The fraction of sp³-hybridized carbons (Fsp3) is 0.304. The predicted octanol–water partition coefficient (Wildman–Crippen LogP) is 4.00. The Kier molecular flexibility index (Phi) is 5.25. The van der Waals surface area contributed by atoms with Crippen molar-refractivity contribution in [2.45, 2.75) is 32.6 Å². The number of furan rings is 1. The topological polar surface area (TPSA) is 80.6 Å². The van der Waals surface area contributed by atoms with Gasteiger partial charge >= 0.3 is 0 Å². The minimum absolute atomic E-state index is 0.146. The number of hydrogen-bond acceptors (Lipinski definition) is 4. The highest BCUT2D eigenvalue weighted by molar-refractivity contribution is 6.05. The molecule has 6 nitrogen and oxygen atoms in total. The number of rotatable bonds is 5. The van der Waals surface area contributed by atoms with Gasteiger partial charge in [-0.3, -0.25) is 9.59 Å². The molecule has 29 heavy (non-hydrogen) atoms. The number of amides is 2. The van der Waals surface area contributed by atoms with Crippen molar-refractivity contribution >= 4 is 28.5 Å². The van der Waals surface area contributed by atoms with Gasteiger partial charge in [-0.05, 0) is 56.0 Å². The van der Waals surface area contributed by atoms with E-state index >= 15 is 0 Å². The van der Waals surface area contributed by atoms with Gasteiger partial charge in [-0.1, -0.05) is 12.1 Å². The Morgan fingerprint density at radius 3 is 2.79 bits per heavy atom. The summed E-state index contributed by atoms with van der Waals surface area (Å²) in [5, 5.41) is 6.45. The molecule has 2 aromatic carbocycles. The fourth-order valence-electron chi connectivity index (χ4n) is 3.87. The van der Waals surface area contributed by atoms with Gasteiger partial charge in [-0.2, -0.15) is 0 Å². The van der Waals surface area contributed by atoms with Crippen LogP contribution in [-0.4, -0.2) is 25.5 Å². The van der Waals surface area contributed by atoms with Crippen LogP contribution in [0.15, 0.2) is 40.8 Å². The molecular formula is C23H24N2O4. The Balaban J connectivity index is 1.47. The van der Waals surface area contributed by atoms with Crippen molar-refractivity contribution in [2.75, 3.05) is 19.0 Å². The maximum Gasteiger partial charge on any atom is 0.262 e. The molecule has 3 aromatic rings. The van der Waals surface area contributed by atoms with Crippen LogP contribution >= 0.6 is 0 Å². The molecule has 0 saturated heterocycles. The standard InChI is InChI=1S/C23H24N2O4/c1-14-6-5-8-18(22(14)23(27)24-2)25-21(26)13-28-15-10-11-20-17(12-15)16-7-3-4-9-19(16)29-20/h5-6,8,10-12H,3-4,7,9,13H2,1-2H3,(H,24,27)(H,25,26). The van der Waals surface area contributed by atoms with Gasteiger partial charge in [0.1, 0.15) is 17.1 Å². The summed E-state index contributed by atoms with van der Waals surface area (Å²) in [6, 6.07) is 11.0. The van der Waals surface area contributed by atoms with Gasteiger partial charge in [0, 0.05) is 24.4 Å². The van der Waals surface area contributed by atoms with Gasteiger partial charge in [-0.15, -0.1) is 0 Å². The maximum atomic E-state index is 12.4. The SMILES string of the molecule is CNC(=O)c1c(C)cccc1NC(=O)COc1ccc2oc3c(c2c1)CCCC3. The fourth-order valence-corrected chi connectivity index (χ4v) is 3.87. The zero-order chi connectivity index (χ0) is 20.4. The number of ether oxygens (including phenoxy) is 1. The van der Waals surface area contributed by atoms with Gasteiger partial charge in [0.25, 0.3) is 11.8 Å². The van der Waals surface area contributed by atoms with Gasteiger partial charge in [0.15, 0.2) is 6.61 Å². The normalized spacial score (nSPS) is 13.0. The van der Waals surface area contributed by atoms with Crippen LogP contribution < -0.4 is 15.4 Å². The zero-order valence-electron chi connectivity index (χ0n) is 16.6. The Labute approximate surface area is 169 Å². The molecule has 0 unspecified atom stereocenters. The Bertz CT molecular complexity index is 1080. The number of carbonyl (C=O) groups is 2. The van der Waals surface area contributed by atoms with Crippen molar-refractivity contribution in [3.05, 3.63) is 58.8 Å². The molecule has 0 bridgehead atoms. The van der Waals surface area contributed by atoms with Crippen molar-refractivity contribution in [3.63, 3.8) is 0 Å². The van der Waals surface area contributed by atoms with Crippen LogP contribution in [0.25, 0.3) is 11.0 Å². The summed E-state index contributed by atoms with van der Waals surface area (Å²) in [4.78, 5) is 24.5. The van der Waals surface area contributed by atoms with Crippen LogP contribution in [0.3, 0.4) is 0 Å². The molecule has 0 aliphatic heterocycles. The minimum Gasteiger partial charge on any atom is -0.484 e. The molecule has 150 valence electrons. The maximum absolute atomic E-state index is 12.4. The summed E-state index contributed by atoms with van der Waals surface area (Å²) in [5.41, 5.74) is 3.84. The first-order chi connectivity index (χ1) is 14.1. The van der Waals surface area contributed by atoms with Crippen LogP contribution in [-0.2, 0) is 17.6 Å². The lowest BCUT2D eigenvalue weighted by Gasteiger charge is -2.13. The number of anilines is 1. The van der Waals surface area contributed by atoms with Gasteiger partial charge < -0.3 is 19.8 Å². The second kappa shape index (κ2) is 7.99. The number of carbonyl (C=O) groups excluding carboxylic acids is 2. The number of nitrogens with one attached hydrogen (secondary N) is 2. The van der Waals surface area contributed by atoms with E-state index in [-0.39, 0.29) is 18.4 Å². The van der Waals surface area contributed by atoms with E-state index in [2.05, 4.69) is 10.6 Å². The Morgan fingerprint density at radius 1 is 1.14 bits per heavy atom. The summed E-state index contributed by atoms with van der Waals surface area (Å²) >= 11 is 0. The summed E-state index contributed by atoms with van der Waals surface area (Å²) in [6.07, 6.45) is 4.32. The van der Waals surface area contributed by atoms with E-state index in [1.165, 1.54) is 12.0 Å². The first-order valence-corrected chi connectivity index (χ1v) is 9.85. The van der Waals surface area contributed by atoms with Crippen LogP contribution in [0.2, 0.25) is 0 Å². The molecule has 2 N–H and O–H groups in total. The monoisotopic (exact) mass is 392 g/mol. The molecule has 2 amide bonds. The minimum atomic E-state index is -0.324. The number of fused-ring (bicyclic) bond motifs is 3. The summed E-state index contributed by atoms with van der Waals surface area (Å²) in [6.45, 7) is 1.68. The first kappa shape index (κ1) is 19.1. The van der Waals surface area contributed by atoms with E-state index in [9.17, 15) is 9.59 Å². The lowest BCUT2D eigenvalue weighted by atomic mass is 9.96. The molecule has 0 radical (unpaired) electrons. The highest BCUT2D eigenvalue weighted by Crippen LogP contribution is 2.34. The van der Waals surface area contributed by atoms with Crippen molar-refractivity contribution in [2.24, 2.45) is 0 Å².